The van der Waals surface area contributed by atoms with Gasteiger partial charge in [0.25, 0.3) is 0 Å². The molecule has 2 fully saturated rings. The maximum atomic E-state index is 12.8. The van der Waals surface area contributed by atoms with Crippen LogP contribution >= 0.6 is 11.6 Å². The third-order valence-electron chi connectivity index (χ3n) is 5.44. The van der Waals surface area contributed by atoms with Crippen molar-refractivity contribution in [3.8, 4) is 0 Å². The predicted octanol–water partition coefficient (Wildman–Crippen LogP) is 3.98. The summed E-state index contributed by atoms with van der Waals surface area (Å²) in [5, 5.41) is 3.51. The van der Waals surface area contributed by atoms with Crippen LogP contribution in [0.1, 0.15) is 38.7 Å². The lowest BCUT2D eigenvalue weighted by molar-refractivity contribution is -0.142. The monoisotopic (exact) mass is 305 g/mol. The predicted molar refractivity (Wildman–Crippen MR) is 83.4 cm³/mol. The summed E-state index contributed by atoms with van der Waals surface area (Å²) >= 11 is 5.99. The second kappa shape index (κ2) is 4.57. The lowest BCUT2D eigenvalue weighted by Crippen LogP contribution is -2.44. The number of anilines is 1. The van der Waals surface area contributed by atoms with Crippen molar-refractivity contribution >= 4 is 29.0 Å². The Bertz CT molecular complexity index is 638. The Morgan fingerprint density at radius 2 is 2.10 bits per heavy atom. The molecule has 2 saturated carbocycles. The summed E-state index contributed by atoms with van der Waals surface area (Å²) < 4.78 is 0. The fraction of sp³-hybridized carbons (Fsp3) is 0.529. The molecule has 0 aromatic heterocycles. The molecule has 112 valence electrons. The lowest BCUT2D eigenvalue weighted by atomic mass is 9.70. The highest BCUT2D eigenvalue weighted by Crippen LogP contribution is 2.60. The van der Waals surface area contributed by atoms with Crippen LogP contribution in [-0.4, -0.2) is 11.7 Å². The number of ketones is 1. The zero-order valence-electron chi connectivity index (χ0n) is 12.6. The highest BCUT2D eigenvalue weighted by atomic mass is 35.5. The molecule has 0 saturated heterocycles. The van der Waals surface area contributed by atoms with E-state index in [2.05, 4.69) is 5.32 Å². The Hall–Kier alpha value is -1.35. The van der Waals surface area contributed by atoms with Gasteiger partial charge in [0.05, 0.1) is 0 Å². The van der Waals surface area contributed by atoms with E-state index >= 15 is 0 Å². The molecule has 1 amide bonds. The van der Waals surface area contributed by atoms with Crippen LogP contribution in [0.2, 0.25) is 5.02 Å². The number of hydrogen-bond acceptors (Lipinski definition) is 2. The van der Waals surface area contributed by atoms with Crippen molar-refractivity contribution in [2.75, 3.05) is 5.32 Å². The van der Waals surface area contributed by atoms with Gasteiger partial charge in [-0.1, -0.05) is 31.5 Å². The van der Waals surface area contributed by atoms with Gasteiger partial charge in [0.15, 0.2) is 5.78 Å². The smallest absolute Gasteiger partial charge is 0.238 e. The minimum absolute atomic E-state index is 0.100. The number of hydrogen-bond donors (Lipinski definition) is 1. The van der Waals surface area contributed by atoms with Crippen LogP contribution in [0.15, 0.2) is 18.2 Å². The van der Waals surface area contributed by atoms with Crippen molar-refractivity contribution < 1.29 is 9.59 Å². The van der Waals surface area contributed by atoms with Crippen molar-refractivity contribution in [2.24, 2.45) is 16.7 Å². The van der Waals surface area contributed by atoms with E-state index < -0.39 is 5.41 Å². The number of rotatable bonds is 2. The van der Waals surface area contributed by atoms with Crippen molar-refractivity contribution in [1.82, 2.24) is 0 Å². The third kappa shape index (κ3) is 2.02. The Morgan fingerprint density at radius 3 is 2.71 bits per heavy atom. The Morgan fingerprint density at radius 1 is 1.38 bits per heavy atom. The topological polar surface area (TPSA) is 46.2 Å². The Kier molecular flexibility index (Phi) is 3.17. The van der Waals surface area contributed by atoms with Gasteiger partial charge in [0.1, 0.15) is 5.41 Å². The minimum atomic E-state index is -0.830. The summed E-state index contributed by atoms with van der Waals surface area (Å²) in [6.07, 6.45) is 2.32. The standard InChI is InChI=1S/C17H20ClNO2/c1-10-4-5-12(18)8-13(10)19-15(21)17-7-6-11(9-17)16(2,3)14(17)20/h4-5,8,11H,6-7,9H2,1-3H3,(H,19,21). The van der Waals surface area contributed by atoms with Gasteiger partial charge in [0.2, 0.25) is 5.91 Å². The van der Waals surface area contributed by atoms with E-state index in [-0.39, 0.29) is 17.1 Å². The van der Waals surface area contributed by atoms with Crippen molar-refractivity contribution in [3.63, 3.8) is 0 Å². The van der Waals surface area contributed by atoms with Gasteiger partial charge >= 0.3 is 0 Å². The van der Waals surface area contributed by atoms with E-state index in [1.54, 1.807) is 12.1 Å². The maximum absolute atomic E-state index is 12.8. The van der Waals surface area contributed by atoms with E-state index in [1.807, 2.05) is 26.8 Å². The first-order chi connectivity index (χ1) is 9.77. The average Bonchev–Trinajstić information content (AvgIpc) is 2.94. The molecule has 0 radical (unpaired) electrons. The summed E-state index contributed by atoms with van der Waals surface area (Å²) in [5.41, 5.74) is 0.438. The molecule has 0 spiro atoms. The third-order valence-corrected chi connectivity index (χ3v) is 5.67. The van der Waals surface area contributed by atoms with Gasteiger partial charge in [-0.25, -0.2) is 0 Å². The van der Waals surface area contributed by atoms with E-state index in [1.165, 1.54) is 0 Å². The van der Waals surface area contributed by atoms with E-state index in [0.717, 1.165) is 12.0 Å². The summed E-state index contributed by atoms with van der Waals surface area (Å²) in [4.78, 5) is 25.5. The van der Waals surface area contributed by atoms with Crippen LogP contribution in [0, 0.1) is 23.7 Å². The van der Waals surface area contributed by atoms with E-state index in [0.29, 0.717) is 29.5 Å². The highest BCUT2D eigenvalue weighted by molar-refractivity contribution is 6.31. The second-order valence-electron chi connectivity index (χ2n) is 6.99. The van der Waals surface area contributed by atoms with Gasteiger partial charge < -0.3 is 5.32 Å². The molecule has 0 aliphatic heterocycles. The zero-order valence-corrected chi connectivity index (χ0v) is 13.4. The van der Waals surface area contributed by atoms with Crippen LogP contribution in [0.4, 0.5) is 5.69 Å². The van der Waals surface area contributed by atoms with Crippen molar-refractivity contribution in [1.29, 1.82) is 0 Å². The highest BCUT2D eigenvalue weighted by Gasteiger charge is 2.65. The molecule has 1 aromatic rings. The summed E-state index contributed by atoms with van der Waals surface area (Å²) in [5.74, 6) is 0.269. The minimum Gasteiger partial charge on any atom is -0.325 e. The maximum Gasteiger partial charge on any atom is 0.238 e. The lowest BCUT2D eigenvalue weighted by Gasteiger charge is -2.32. The van der Waals surface area contributed by atoms with Gasteiger partial charge in [-0.3, -0.25) is 9.59 Å². The SMILES string of the molecule is Cc1ccc(Cl)cc1NC(=O)C12CCC(C1)C(C)(C)C2=O. The molecule has 2 aliphatic carbocycles. The van der Waals surface area contributed by atoms with E-state index in [4.69, 9.17) is 11.6 Å². The van der Waals surface area contributed by atoms with E-state index in [9.17, 15) is 9.59 Å². The number of halogens is 1. The fourth-order valence-electron chi connectivity index (χ4n) is 3.95. The van der Waals surface area contributed by atoms with Gasteiger partial charge in [-0.15, -0.1) is 0 Å². The molecule has 2 atom stereocenters. The first-order valence-corrected chi connectivity index (χ1v) is 7.78. The number of carbonyl (C=O) groups is 2. The molecule has 3 rings (SSSR count). The first kappa shape index (κ1) is 14.6. The molecule has 1 aromatic carbocycles. The molecular formula is C17H20ClNO2. The van der Waals surface area contributed by atoms with Crippen LogP contribution in [0.25, 0.3) is 0 Å². The first-order valence-electron chi connectivity index (χ1n) is 7.40. The number of aryl methyl sites for hydroxylation is 1. The largest absolute Gasteiger partial charge is 0.325 e. The summed E-state index contributed by atoms with van der Waals surface area (Å²) in [6.45, 7) is 5.86. The molecule has 2 bridgehead atoms. The molecular weight excluding hydrogens is 286 g/mol. The quantitative estimate of drug-likeness (QED) is 0.840. The van der Waals surface area contributed by atoms with Crippen LogP contribution in [-0.2, 0) is 9.59 Å². The van der Waals surface area contributed by atoms with Crippen molar-refractivity contribution in [2.45, 2.75) is 40.0 Å². The number of carbonyl (C=O) groups excluding carboxylic acids is 2. The Labute approximate surface area is 130 Å². The number of Topliss-reactive ketones (excluding diaryl/α,β-unsaturated/α-hetero) is 1. The summed E-state index contributed by atoms with van der Waals surface area (Å²) in [6, 6.07) is 5.40. The molecule has 0 heterocycles. The molecule has 3 nitrogen and oxygen atoms in total. The zero-order chi connectivity index (χ0) is 15.4. The normalized spacial score (nSPS) is 29.7. The number of benzene rings is 1. The number of nitrogens with one attached hydrogen (secondary N) is 1. The molecule has 4 heteroatoms. The Balaban J connectivity index is 1.90. The second-order valence-corrected chi connectivity index (χ2v) is 7.42. The average molecular weight is 306 g/mol. The van der Waals surface area contributed by atoms with Gasteiger partial charge in [-0.05, 0) is 49.8 Å². The van der Waals surface area contributed by atoms with Crippen LogP contribution < -0.4 is 5.32 Å². The molecule has 2 unspecified atom stereocenters. The van der Waals surface area contributed by atoms with Crippen LogP contribution in [0.5, 0.6) is 0 Å². The summed E-state index contributed by atoms with van der Waals surface area (Å²) in [7, 11) is 0. The fourth-order valence-corrected chi connectivity index (χ4v) is 4.12. The van der Waals surface area contributed by atoms with Crippen LogP contribution in [0.3, 0.4) is 0 Å². The van der Waals surface area contributed by atoms with Crippen molar-refractivity contribution in [3.05, 3.63) is 28.8 Å². The number of amides is 1. The molecule has 21 heavy (non-hydrogen) atoms. The van der Waals surface area contributed by atoms with Gasteiger partial charge in [0, 0.05) is 16.1 Å². The molecule has 2 aliphatic rings. The van der Waals surface area contributed by atoms with Gasteiger partial charge in [-0.2, -0.15) is 0 Å². The molecule has 1 N–H and O–H groups in total. The number of fused-ring (bicyclic) bond motifs is 2.